The minimum Gasteiger partial charge on any atom is -0.385 e. The van der Waals surface area contributed by atoms with E-state index in [1.54, 1.807) is 25.5 Å². The lowest BCUT2D eigenvalue weighted by molar-refractivity contribution is -0.118. The topological polar surface area (TPSA) is 91.9 Å². The molecule has 28 heavy (non-hydrogen) atoms. The number of aromatic amines is 1. The molecule has 7 nitrogen and oxygen atoms in total. The molecule has 0 aliphatic heterocycles. The quantitative estimate of drug-likeness (QED) is 0.459. The van der Waals surface area contributed by atoms with E-state index in [0.29, 0.717) is 28.9 Å². The van der Waals surface area contributed by atoms with Crippen LogP contribution in [0.3, 0.4) is 0 Å². The number of ether oxygens (including phenoxy) is 1. The van der Waals surface area contributed by atoms with Crippen LogP contribution in [-0.2, 0) is 9.53 Å². The molecule has 1 atom stereocenters. The van der Waals surface area contributed by atoms with Crippen molar-refractivity contribution >= 4 is 55.1 Å². The van der Waals surface area contributed by atoms with Crippen LogP contribution < -0.4 is 10.6 Å². The second-order valence-corrected chi connectivity index (χ2v) is 7.52. The highest BCUT2D eigenvalue weighted by atomic mass is 35.5. The number of amides is 1. The van der Waals surface area contributed by atoms with Gasteiger partial charge >= 0.3 is 0 Å². The molecule has 1 aromatic carbocycles. The number of rotatable bonds is 9. The van der Waals surface area contributed by atoms with Crippen LogP contribution in [0.1, 0.15) is 6.42 Å². The van der Waals surface area contributed by atoms with Gasteiger partial charge in [-0.1, -0.05) is 36.1 Å². The molecule has 0 saturated carbocycles. The molecule has 9 heteroatoms. The number of nitrogens with zero attached hydrogens (tertiary/aromatic N) is 2. The fourth-order valence-corrected chi connectivity index (χ4v) is 3.66. The van der Waals surface area contributed by atoms with Crippen LogP contribution in [0.5, 0.6) is 0 Å². The molecule has 0 aliphatic carbocycles. The summed E-state index contributed by atoms with van der Waals surface area (Å²) in [5, 5.41) is 14.8. The van der Waals surface area contributed by atoms with E-state index in [9.17, 15) is 4.79 Å². The number of hydrogen-bond acceptors (Lipinski definition) is 6. The van der Waals surface area contributed by atoms with Gasteiger partial charge in [0.1, 0.15) is 6.04 Å². The number of anilines is 1. The summed E-state index contributed by atoms with van der Waals surface area (Å²) in [5.41, 5.74) is 2.28. The van der Waals surface area contributed by atoms with E-state index in [1.165, 1.54) is 11.3 Å². The van der Waals surface area contributed by atoms with Gasteiger partial charge in [-0.3, -0.25) is 9.89 Å². The third-order valence-corrected chi connectivity index (χ3v) is 5.10. The molecular formula is C19H20ClN5O2S. The highest BCUT2D eigenvalue weighted by Crippen LogP contribution is 2.31. The number of carbonyl (C=O) groups excluding carboxylic acids is 1. The summed E-state index contributed by atoms with van der Waals surface area (Å²) < 4.78 is 6.08. The van der Waals surface area contributed by atoms with Crippen molar-refractivity contribution in [1.82, 2.24) is 20.5 Å². The maximum absolute atomic E-state index is 12.8. The van der Waals surface area contributed by atoms with Crippen LogP contribution in [0.4, 0.5) is 5.13 Å². The first-order chi connectivity index (χ1) is 13.5. The number of H-pyrrole nitrogens is 1. The molecule has 3 rings (SSSR count). The number of carbonyl (C=O) groups is 1. The predicted molar refractivity (Wildman–Crippen MR) is 115 cm³/mol. The van der Waals surface area contributed by atoms with Gasteiger partial charge in [0.25, 0.3) is 0 Å². The van der Waals surface area contributed by atoms with Crippen molar-refractivity contribution in [2.75, 3.05) is 19.0 Å². The minimum absolute atomic E-state index is 0.223. The van der Waals surface area contributed by atoms with Crippen LogP contribution in [0, 0.1) is 0 Å². The monoisotopic (exact) mass is 417 g/mol. The van der Waals surface area contributed by atoms with E-state index in [0.717, 1.165) is 21.1 Å². The van der Waals surface area contributed by atoms with Crippen LogP contribution >= 0.6 is 22.9 Å². The van der Waals surface area contributed by atoms with E-state index < -0.39 is 6.04 Å². The minimum atomic E-state index is -0.540. The molecule has 1 amide bonds. The van der Waals surface area contributed by atoms with E-state index in [4.69, 9.17) is 16.3 Å². The molecule has 3 N–H and O–H groups in total. The predicted octanol–water partition coefficient (Wildman–Crippen LogP) is 3.93. The van der Waals surface area contributed by atoms with Gasteiger partial charge in [0, 0.05) is 29.8 Å². The second kappa shape index (κ2) is 9.01. The van der Waals surface area contributed by atoms with Crippen LogP contribution in [-0.4, -0.2) is 40.8 Å². The van der Waals surface area contributed by atoms with Crippen molar-refractivity contribution in [3.05, 3.63) is 54.4 Å². The summed E-state index contributed by atoms with van der Waals surface area (Å²) in [6.45, 7) is 7.88. The summed E-state index contributed by atoms with van der Waals surface area (Å²) in [6.07, 6.45) is 5.49. The second-order valence-electron chi connectivity index (χ2n) is 6.04. The Hall–Kier alpha value is -2.68. The maximum atomic E-state index is 12.8. The highest BCUT2D eigenvalue weighted by Gasteiger charge is 2.20. The van der Waals surface area contributed by atoms with Gasteiger partial charge in [0.05, 0.1) is 21.9 Å². The SMILES string of the molecule is C=C(Cl)/C=C\C(=C)NC(CCOC)C(=O)Nc1nc2ccc3[nH]ncc3c2s1. The van der Waals surface area contributed by atoms with Gasteiger partial charge in [-0.15, -0.1) is 0 Å². The Morgan fingerprint density at radius 1 is 1.43 bits per heavy atom. The Kier molecular flexibility index (Phi) is 6.45. The van der Waals surface area contributed by atoms with Crippen LogP contribution in [0.2, 0.25) is 0 Å². The lowest BCUT2D eigenvalue weighted by Crippen LogP contribution is -2.40. The van der Waals surface area contributed by atoms with E-state index >= 15 is 0 Å². The van der Waals surface area contributed by atoms with Crippen molar-refractivity contribution in [3.8, 4) is 0 Å². The van der Waals surface area contributed by atoms with E-state index in [-0.39, 0.29) is 5.91 Å². The van der Waals surface area contributed by atoms with Gasteiger partial charge in [-0.25, -0.2) is 4.98 Å². The Labute approximate surface area is 171 Å². The average molecular weight is 418 g/mol. The van der Waals surface area contributed by atoms with Crippen molar-refractivity contribution in [2.45, 2.75) is 12.5 Å². The molecule has 0 bridgehead atoms. The van der Waals surface area contributed by atoms with Gasteiger partial charge in [0.15, 0.2) is 5.13 Å². The zero-order valence-corrected chi connectivity index (χ0v) is 16.9. The number of allylic oxidation sites excluding steroid dienone is 3. The summed E-state index contributed by atoms with van der Waals surface area (Å²) >= 11 is 7.13. The highest BCUT2D eigenvalue weighted by molar-refractivity contribution is 7.23. The van der Waals surface area contributed by atoms with Crippen LogP contribution in [0.15, 0.2) is 54.4 Å². The zero-order valence-electron chi connectivity index (χ0n) is 15.3. The number of thiazole rings is 1. The Balaban J connectivity index is 1.76. The Morgan fingerprint density at radius 3 is 3.00 bits per heavy atom. The number of nitrogens with one attached hydrogen (secondary N) is 3. The fraction of sp³-hybridized carbons (Fsp3) is 0.211. The standard InChI is InChI=1S/C19H20ClN5O2S/c1-11(20)4-5-12(2)22-16(8-9-27-3)18(26)24-19-23-15-7-6-14-13(10-21-25-14)17(15)28-19/h4-7,10,16,22H,1-2,8-9H2,3H3,(H,21,25)(H,23,24,26)/b5-4-. The van der Waals surface area contributed by atoms with Gasteiger partial charge in [-0.05, 0) is 30.7 Å². The molecule has 3 aromatic rings. The lowest BCUT2D eigenvalue weighted by Gasteiger charge is -2.18. The molecule has 1 unspecified atom stereocenters. The normalized spacial score (nSPS) is 12.5. The molecule has 146 valence electrons. The third-order valence-electron chi connectivity index (χ3n) is 3.96. The Bertz CT molecular complexity index is 1060. The third kappa shape index (κ3) is 4.78. The van der Waals surface area contributed by atoms with Gasteiger partial charge < -0.3 is 15.4 Å². The van der Waals surface area contributed by atoms with Gasteiger partial charge in [-0.2, -0.15) is 5.10 Å². The van der Waals surface area contributed by atoms with Crippen molar-refractivity contribution < 1.29 is 9.53 Å². The number of benzene rings is 1. The van der Waals surface area contributed by atoms with E-state index in [2.05, 4.69) is 39.0 Å². The summed E-state index contributed by atoms with van der Waals surface area (Å²) in [7, 11) is 1.59. The van der Waals surface area contributed by atoms with Crippen molar-refractivity contribution in [2.24, 2.45) is 0 Å². The number of aromatic nitrogens is 3. The maximum Gasteiger partial charge on any atom is 0.248 e. The smallest absolute Gasteiger partial charge is 0.248 e. The molecule has 2 aromatic heterocycles. The number of hydrogen-bond donors (Lipinski definition) is 3. The first-order valence-corrected chi connectivity index (χ1v) is 9.67. The van der Waals surface area contributed by atoms with E-state index in [1.807, 2.05) is 12.1 Å². The summed E-state index contributed by atoms with van der Waals surface area (Å²) in [4.78, 5) is 17.3. The first-order valence-electron chi connectivity index (χ1n) is 8.48. The zero-order chi connectivity index (χ0) is 20.1. The molecule has 0 radical (unpaired) electrons. The number of halogens is 1. The number of fused-ring (bicyclic) bond motifs is 3. The largest absolute Gasteiger partial charge is 0.385 e. The Morgan fingerprint density at radius 2 is 2.25 bits per heavy atom. The number of methoxy groups -OCH3 is 1. The van der Waals surface area contributed by atoms with Crippen molar-refractivity contribution in [3.63, 3.8) is 0 Å². The molecule has 0 aliphatic rings. The fourth-order valence-electron chi connectivity index (χ4n) is 2.62. The van der Waals surface area contributed by atoms with Crippen LogP contribution in [0.25, 0.3) is 21.1 Å². The summed E-state index contributed by atoms with van der Waals surface area (Å²) in [6, 6.07) is 3.27. The molecular weight excluding hydrogens is 398 g/mol. The van der Waals surface area contributed by atoms with Gasteiger partial charge in [0.2, 0.25) is 5.91 Å². The van der Waals surface area contributed by atoms with Crippen molar-refractivity contribution in [1.29, 1.82) is 0 Å². The summed E-state index contributed by atoms with van der Waals surface area (Å²) in [5.74, 6) is -0.223. The molecule has 0 saturated heterocycles. The average Bonchev–Trinajstić information content (AvgIpc) is 3.28. The molecule has 0 fully saturated rings. The lowest BCUT2D eigenvalue weighted by atomic mass is 10.2. The molecule has 2 heterocycles. The first kappa shape index (κ1) is 20.1. The molecule has 0 spiro atoms.